The highest BCUT2D eigenvalue weighted by Crippen LogP contribution is 2.36. The number of carbonyl (C=O) groups is 1. The predicted octanol–water partition coefficient (Wildman–Crippen LogP) is 2.57. The zero-order valence-electron chi connectivity index (χ0n) is 17.6. The van der Waals surface area contributed by atoms with Crippen molar-refractivity contribution in [2.45, 2.75) is 19.1 Å². The Balaban J connectivity index is 1.67. The van der Waals surface area contributed by atoms with E-state index in [0.29, 0.717) is 36.1 Å². The van der Waals surface area contributed by atoms with Crippen molar-refractivity contribution in [3.05, 3.63) is 53.4 Å². The molecule has 31 heavy (non-hydrogen) atoms. The second-order valence-electron chi connectivity index (χ2n) is 7.23. The lowest BCUT2D eigenvalue weighted by Gasteiger charge is -2.40. The molecule has 1 aliphatic heterocycles. The van der Waals surface area contributed by atoms with Crippen molar-refractivity contribution < 1.29 is 28.5 Å². The number of aryl methyl sites for hydroxylation is 1. The van der Waals surface area contributed by atoms with Crippen molar-refractivity contribution in [2.24, 2.45) is 0 Å². The summed E-state index contributed by atoms with van der Waals surface area (Å²) in [5, 5.41) is 17.0. The van der Waals surface area contributed by atoms with E-state index in [1.165, 1.54) is 0 Å². The number of amides is 1. The summed E-state index contributed by atoms with van der Waals surface area (Å²) in [6.45, 7) is 2.29. The van der Waals surface area contributed by atoms with E-state index in [1.54, 1.807) is 37.3 Å². The fourth-order valence-electron chi connectivity index (χ4n) is 3.83. The van der Waals surface area contributed by atoms with Crippen LogP contribution < -0.4 is 9.47 Å². The molecular formula is C22H25N3O6. The quantitative estimate of drug-likeness (QED) is 0.622. The van der Waals surface area contributed by atoms with E-state index in [0.717, 1.165) is 11.3 Å². The SMILES string of the molecule is COc1ccc([C@@H]2[C@@H](CO)OCCN2C(=O)c2cc(-c3ccc(C)o3)[nH]n2)cc1OC. The Hall–Kier alpha value is -3.30. The van der Waals surface area contributed by atoms with Crippen LogP contribution >= 0.6 is 0 Å². The lowest BCUT2D eigenvalue weighted by molar-refractivity contribution is -0.0813. The topological polar surface area (TPSA) is 110 Å². The zero-order valence-corrected chi connectivity index (χ0v) is 17.6. The average Bonchev–Trinajstić information content (AvgIpc) is 3.46. The maximum absolute atomic E-state index is 13.4. The fourth-order valence-corrected chi connectivity index (χ4v) is 3.83. The summed E-state index contributed by atoms with van der Waals surface area (Å²) in [5.41, 5.74) is 1.64. The smallest absolute Gasteiger partial charge is 0.275 e. The van der Waals surface area contributed by atoms with Crippen molar-refractivity contribution in [2.75, 3.05) is 34.0 Å². The molecule has 1 fully saturated rings. The third-order valence-electron chi connectivity index (χ3n) is 5.34. The van der Waals surface area contributed by atoms with E-state index in [9.17, 15) is 9.90 Å². The van der Waals surface area contributed by atoms with Crippen LogP contribution in [-0.4, -0.2) is 66.2 Å². The number of morpholine rings is 1. The minimum atomic E-state index is -0.582. The molecular weight excluding hydrogens is 402 g/mol. The summed E-state index contributed by atoms with van der Waals surface area (Å²) in [6, 6.07) is 10.2. The van der Waals surface area contributed by atoms with Crippen molar-refractivity contribution in [1.82, 2.24) is 15.1 Å². The minimum Gasteiger partial charge on any atom is -0.493 e. The number of rotatable bonds is 6. The molecule has 2 N–H and O–H groups in total. The number of aromatic nitrogens is 2. The molecule has 1 saturated heterocycles. The van der Waals surface area contributed by atoms with Crippen LogP contribution in [-0.2, 0) is 4.74 Å². The van der Waals surface area contributed by atoms with E-state index in [4.69, 9.17) is 18.6 Å². The molecule has 0 saturated carbocycles. The number of nitrogens with zero attached hydrogens (tertiary/aromatic N) is 2. The Labute approximate surface area is 179 Å². The Kier molecular flexibility index (Phi) is 5.97. The molecule has 2 aromatic heterocycles. The van der Waals surface area contributed by atoms with Gasteiger partial charge in [-0.2, -0.15) is 5.10 Å². The van der Waals surface area contributed by atoms with E-state index in [2.05, 4.69) is 10.2 Å². The largest absolute Gasteiger partial charge is 0.493 e. The first kappa shape index (κ1) is 21.0. The minimum absolute atomic E-state index is 0.236. The Morgan fingerprint density at radius 2 is 2.03 bits per heavy atom. The monoisotopic (exact) mass is 427 g/mol. The predicted molar refractivity (Wildman–Crippen MR) is 111 cm³/mol. The van der Waals surface area contributed by atoms with Gasteiger partial charge in [-0.3, -0.25) is 9.89 Å². The molecule has 0 radical (unpaired) electrons. The van der Waals surface area contributed by atoms with Gasteiger partial charge in [0.1, 0.15) is 17.6 Å². The number of benzene rings is 1. The molecule has 9 heteroatoms. The number of aliphatic hydroxyl groups is 1. The van der Waals surface area contributed by atoms with Crippen LogP contribution in [0.5, 0.6) is 11.5 Å². The van der Waals surface area contributed by atoms with Crippen LogP contribution in [0, 0.1) is 6.92 Å². The van der Waals surface area contributed by atoms with Gasteiger partial charge in [-0.1, -0.05) is 6.07 Å². The molecule has 0 bridgehead atoms. The van der Waals surface area contributed by atoms with Crippen LogP contribution in [0.4, 0.5) is 0 Å². The molecule has 164 valence electrons. The van der Waals surface area contributed by atoms with Gasteiger partial charge in [0.15, 0.2) is 23.0 Å². The van der Waals surface area contributed by atoms with Crippen molar-refractivity contribution in [3.63, 3.8) is 0 Å². The summed E-state index contributed by atoms with van der Waals surface area (Å²) < 4.78 is 22.1. The first-order valence-electron chi connectivity index (χ1n) is 9.93. The van der Waals surface area contributed by atoms with Gasteiger partial charge in [0.05, 0.1) is 33.5 Å². The number of H-pyrrole nitrogens is 1. The highest BCUT2D eigenvalue weighted by molar-refractivity contribution is 5.93. The number of ether oxygens (including phenoxy) is 3. The molecule has 4 rings (SSSR count). The molecule has 1 aromatic carbocycles. The lowest BCUT2D eigenvalue weighted by atomic mass is 9.97. The summed E-state index contributed by atoms with van der Waals surface area (Å²) in [4.78, 5) is 15.1. The molecule has 3 aromatic rings. The van der Waals surface area contributed by atoms with Gasteiger partial charge in [0, 0.05) is 12.6 Å². The van der Waals surface area contributed by atoms with Gasteiger partial charge in [-0.25, -0.2) is 0 Å². The van der Waals surface area contributed by atoms with Gasteiger partial charge >= 0.3 is 0 Å². The fraction of sp³-hybridized carbons (Fsp3) is 0.364. The number of nitrogens with one attached hydrogen (secondary N) is 1. The first-order chi connectivity index (χ1) is 15.0. The summed E-state index contributed by atoms with van der Waals surface area (Å²) in [7, 11) is 3.11. The van der Waals surface area contributed by atoms with Crippen LogP contribution in [0.2, 0.25) is 0 Å². The van der Waals surface area contributed by atoms with Crippen LogP contribution in [0.3, 0.4) is 0 Å². The lowest BCUT2D eigenvalue weighted by Crippen LogP contribution is -2.49. The van der Waals surface area contributed by atoms with Crippen LogP contribution in [0.15, 0.2) is 40.8 Å². The maximum Gasteiger partial charge on any atom is 0.275 e. The third kappa shape index (κ3) is 4.01. The maximum atomic E-state index is 13.4. The normalized spacial score (nSPS) is 18.8. The van der Waals surface area contributed by atoms with E-state index in [1.807, 2.05) is 25.1 Å². The first-order valence-corrected chi connectivity index (χ1v) is 9.93. The highest BCUT2D eigenvalue weighted by atomic mass is 16.5. The summed E-state index contributed by atoms with van der Waals surface area (Å²) in [6.07, 6.45) is -0.582. The van der Waals surface area contributed by atoms with E-state index < -0.39 is 12.1 Å². The van der Waals surface area contributed by atoms with E-state index >= 15 is 0 Å². The van der Waals surface area contributed by atoms with E-state index in [-0.39, 0.29) is 18.2 Å². The second kappa shape index (κ2) is 8.83. The van der Waals surface area contributed by atoms with Gasteiger partial charge in [-0.05, 0) is 36.8 Å². The van der Waals surface area contributed by atoms with Gasteiger partial charge in [-0.15, -0.1) is 0 Å². The average molecular weight is 427 g/mol. The number of hydrogen-bond donors (Lipinski definition) is 2. The highest BCUT2D eigenvalue weighted by Gasteiger charge is 2.37. The molecule has 2 atom stereocenters. The Bertz CT molecular complexity index is 1060. The molecule has 1 amide bonds. The van der Waals surface area contributed by atoms with Gasteiger partial charge in [0.25, 0.3) is 5.91 Å². The van der Waals surface area contributed by atoms with Crippen molar-refractivity contribution in [1.29, 1.82) is 0 Å². The number of aromatic amines is 1. The zero-order chi connectivity index (χ0) is 22.0. The van der Waals surface area contributed by atoms with Gasteiger partial charge < -0.3 is 28.6 Å². The van der Waals surface area contributed by atoms with Crippen LogP contribution in [0.1, 0.15) is 27.9 Å². The number of aliphatic hydroxyl groups excluding tert-OH is 1. The Morgan fingerprint density at radius 3 is 2.71 bits per heavy atom. The molecule has 0 aliphatic carbocycles. The van der Waals surface area contributed by atoms with Gasteiger partial charge in [0.2, 0.25) is 0 Å². The molecule has 3 heterocycles. The molecule has 9 nitrogen and oxygen atoms in total. The summed E-state index contributed by atoms with van der Waals surface area (Å²) in [5.74, 6) is 2.21. The third-order valence-corrected chi connectivity index (χ3v) is 5.34. The molecule has 0 unspecified atom stereocenters. The van der Waals surface area contributed by atoms with Crippen LogP contribution in [0.25, 0.3) is 11.5 Å². The molecule has 1 aliphatic rings. The number of furan rings is 1. The van der Waals surface area contributed by atoms with Crippen molar-refractivity contribution >= 4 is 5.91 Å². The summed E-state index contributed by atoms with van der Waals surface area (Å²) >= 11 is 0. The number of carbonyl (C=O) groups excluding carboxylic acids is 1. The Morgan fingerprint density at radius 1 is 1.23 bits per heavy atom. The second-order valence-corrected chi connectivity index (χ2v) is 7.23. The standard InChI is InChI=1S/C22H25N3O6/c1-13-4-6-17(31-13)15-11-16(24-23-15)22(27)25-8-9-30-20(12-26)21(25)14-5-7-18(28-2)19(10-14)29-3/h4-7,10-11,20-21,26H,8-9,12H2,1-3H3,(H,23,24)/t20-,21-/m1/s1. The number of methoxy groups -OCH3 is 2. The molecule has 0 spiro atoms. The number of hydrogen-bond acceptors (Lipinski definition) is 7. The van der Waals surface area contributed by atoms with Crippen molar-refractivity contribution in [3.8, 4) is 23.0 Å².